The Kier molecular flexibility index (Phi) is 13.6. The Morgan fingerprint density at radius 3 is 1.60 bits per heavy atom. The van der Waals surface area contributed by atoms with E-state index in [2.05, 4.69) is 28.9 Å². The van der Waals surface area contributed by atoms with Gasteiger partial charge in [-0.15, -0.1) is 0 Å². The average Bonchev–Trinajstić information content (AvgIpc) is 2.80. The number of unbranched alkanes of at least 4 members (excludes halogenated alkanes) is 13. The van der Waals surface area contributed by atoms with Gasteiger partial charge in [0.05, 0.1) is 0 Å². The molecular formula is C27H46N2O. The highest BCUT2D eigenvalue weighted by atomic mass is 16.1. The van der Waals surface area contributed by atoms with Gasteiger partial charge in [-0.2, -0.15) is 0 Å². The number of benzene rings is 1. The van der Waals surface area contributed by atoms with Gasteiger partial charge in [0.15, 0.2) is 0 Å². The van der Waals surface area contributed by atoms with Gasteiger partial charge in [0, 0.05) is 37.4 Å². The van der Waals surface area contributed by atoms with Crippen molar-refractivity contribution < 1.29 is 4.79 Å². The van der Waals surface area contributed by atoms with Gasteiger partial charge in [-0.1, -0.05) is 90.4 Å². The summed E-state index contributed by atoms with van der Waals surface area (Å²) in [6.07, 6.45) is 20.9. The van der Waals surface area contributed by atoms with Crippen LogP contribution in [-0.2, 0) is 0 Å². The van der Waals surface area contributed by atoms with Crippen molar-refractivity contribution in [2.45, 2.75) is 96.8 Å². The van der Waals surface area contributed by atoms with Gasteiger partial charge in [-0.25, -0.2) is 0 Å². The number of hydrogen-bond donors (Lipinski definition) is 0. The molecule has 0 aliphatic carbocycles. The lowest BCUT2D eigenvalue weighted by Gasteiger charge is -2.36. The second kappa shape index (κ2) is 16.4. The molecule has 0 spiro atoms. The molecule has 0 aromatic heterocycles. The number of carbonyl (C=O) groups excluding carboxylic acids is 1. The van der Waals surface area contributed by atoms with Crippen molar-refractivity contribution in [1.82, 2.24) is 4.90 Å². The number of nitrogens with zero attached hydrogens (tertiary/aromatic N) is 2. The third kappa shape index (κ3) is 10.6. The maximum atomic E-state index is 10.8. The third-order valence-corrected chi connectivity index (χ3v) is 6.59. The maximum absolute atomic E-state index is 10.8. The van der Waals surface area contributed by atoms with Crippen LogP contribution < -0.4 is 4.90 Å². The van der Waals surface area contributed by atoms with E-state index in [0.717, 1.165) is 38.0 Å². The largest absolute Gasteiger partial charge is 0.369 e. The molecule has 0 radical (unpaired) electrons. The Morgan fingerprint density at radius 1 is 0.667 bits per heavy atom. The molecule has 0 saturated carbocycles. The van der Waals surface area contributed by atoms with Crippen LogP contribution in [0.4, 0.5) is 5.69 Å². The van der Waals surface area contributed by atoms with E-state index in [4.69, 9.17) is 0 Å². The molecular weight excluding hydrogens is 368 g/mol. The quantitative estimate of drug-likeness (QED) is 0.200. The molecule has 3 heteroatoms. The Morgan fingerprint density at radius 2 is 1.13 bits per heavy atom. The molecule has 0 unspecified atom stereocenters. The predicted octanol–water partition coefficient (Wildman–Crippen LogP) is 7.10. The summed E-state index contributed by atoms with van der Waals surface area (Å²) in [5.41, 5.74) is 2.01. The van der Waals surface area contributed by atoms with E-state index in [0.29, 0.717) is 0 Å². The molecule has 170 valence electrons. The van der Waals surface area contributed by atoms with Gasteiger partial charge in [0.25, 0.3) is 0 Å². The smallest absolute Gasteiger partial charge is 0.150 e. The summed E-state index contributed by atoms with van der Waals surface area (Å²) in [6, 6.07) is 7.99. The molecule has 1 aliphatic heterocycles. The van der Waals surface area contributed by atoms with E-state index < -0.39 is 0 Å². The van der Waals surface area contributed by atoms with E-state index in [1.165, 1.54) is 102 Å². The monoisotopic (exact) mass is 414 g/mol. The molecule has 1 aromatic carbocycles. The highest BCUT2D eigenvalue weighted by molar-refractivity contribution is 5.75. The standard InChI is InChI=1S/C27H46N2O/c1-2-3-4-5-6-7-8-9-10-11-12-13-14-15-20-28-21-23-29(24-22-28)27-18-16-26(25-30)17-19-27/h16-19,25H,2-15,20-24H2,1H3. The number of aldehydes is 1. The molecule has 1 saturated heterocycles. The average molecular weight is 415 g/mol. The van der Waals surface area contributed by atoms with E-state index in [9.17, 15) is 4.79 Å². The zero-order chi connectivity index (χ0) is 21.3. The number of piperazine rings is 1. The summed E-state index contributed by atoms with van der Waals surface area (Å²) in [4.78, 5) is 15.9. The molecule has 0 bridgehead atoms. The van der Waals surface area contributed by atoms with Crippen LogP contribution in [-0.4, -0.2) is 43.9 Å². The molecule has 1 aromatic rings. The highest BCUT2D eigenvalue weighted by Gasteiger charge is 2.16. The van der Waals surface area contributed by atoms with Crippen molar-refractivity contribution in [3.05, 3.63) is 29.8 Å². The molecule has 2 rings (SSSR count). The van der Waals surface area contributed by atoms with Crippen molar-refractivity contribution in [2.24, 2.45) is 0 Å². The molecule has 3 nitrogen and oxygen atoms in total. The SMILES string of the molecule is CCCCCCCCCCCCCCCCN1CCN(c2ccc(C=O)cc2)CC1. The van der Waals surface area contributed by atoms with Gasteiger partial charge in [0.1, 0.15) is 6.29 Å². The molecule has 0 atom stereocenters. The first-order valence-electron chi connectivity index (χ1n) is 12.9. The number of carbonyl (C=O) groups is 1. The van der Waals surface area contributed by atoms with E-state index in [-0.39, 0.29) is 0 Å². The summed E-state index contributed by atoms with van der Waals surface area (Å²) < 4.78 is 0. The van der Waals surface area contributed by atoms with Crippen molar-refractivity contribution in [1.29, 1.82) is 0 Å². The van der Waals surface area contributed by atoms with Crippen molar-refractivity contribution >= 4 is 12.0 Å². The van der Waals surface area contributed by atoms with Crippen molar-refractivity contribution in [3.63, 3.8) is 0 Å². The summed E-state index contributed by atoms with van der Waals surface area (Å²) >= 11 is 0. The van der Waals surface area contributed by atoms with Gasteiger partial charge < -0.3 is 4.90 Å². The van der Waals surface area contributed by atoms with Crippen LogP contribution in [0, 0.1) is 0 Å². The fourth-order valence-electron chi connectivity index (χ4n) is 4.52. The van der Waals surface area contributed by atoms with Crippen LogP contribution in [0.5, 0.6) is 0 Å². The van der Waals surface area contributed by atoms with E-state index >= 15 is 0 Å². The first kappa shape index (κ1) is 24.9. The summed E-state index contributed by atoms with van der Waals surface area (Å²) in [7, 11) is 0. The lowest BCUT2D eigenvalue weighted by atomic mass is 10.0. The minimum Gasteiger partial charge on any atom is -0.369 e. The third-order valence-electron chi connectivity index (χ3n) is 6.59. The predicted molar refractivity (Wildman–Crippen MR) is 131 cm³/mol. The van der Waals surface area contributed by atoms with Crippen LogP contribution >= 0.6 is 0 Å². The van der Waals surface area contributed by atoms with E-state index in [1.54, 1.807) is 0 Å². The maximum Gasteiger partial charge on any atom is 0.150 e. The van der Waals surface area contributed by atoms with E-state index in [1.807, 2.05) is 12.1 Å². The van der Waals surface area contributed by atoms with Crippen LogP contribution in [0.3, 0.4) is 0 Å². The topological polar surface area (TPSA) is 23.6 Å². The number of rotatable bonds is 17. The number of anilines is 1. The second-order valence-corrected chi connectivity index (χ2v) is 9.13. The Bertz CT molecular complexity index is 534. The minimum absolute atomic E-state index is 0.759. The van der Waals surface area contributed by atoms with Crippen LogP contribution in [0.2, 0.25) is 0 Å². The zero-order valence-electron chi connectivity index (χ0n) is 19.6. The number of hydrogen-bond acceptors (Lipinski definition) is 3. The van der Waals surface area contributed by atoms with Crippen LogP contribution in [0.1, 0.15) is 107 Å². The zero-order valence-corrected chi connectivity index (χ0v) is 19.6. The highest BCUT2D eigenvalue weighted by Crippen LogP contribution is 2.17. The van der Waals surface area contributed by atoms with Gasteiger partial charge in [-0.05, 0) is 37.2 Å². The first-order chi connectivity index (χ1) is 14.8. The van der Waals surface area contributed by atoms with Gasteiger partial charge in [-0.3, -0.25) is 9.69 Å². The molecule has 0 N–H and O–H groups in total. The first-order valence-corrected chi connectivity index (χ1v) is 12.9. The Hall–Kier alpha value is -1.35. The molecule has 0 amide bonds. The second-order valence-electron chi connectivity index (χ2n) is 9.13. The summed E-state index contributed by atoms with van der Waals surface area (Å²) in [5, 5.41) is 0. The Labute approximate surface area is 186 Å². The molecule has 1 fully saturated rings. The van der Waals surface area contributed by atoms with Crippen molar-refractivity contribution in [2.75, 3.05) is 37.6 Å². The summed E-state index contributed by atoms with van der Waals surface area (Å²) in [5.74, 6) is 0. The van der Waals surface area contributed by atoms with Crippen molar-refractivity contribution in [3.8, 4) is 0 Å². The lowest BCUT2D eigenvalue weighted by molar-refractivity contribution is 0.112. The van der Waals surface area contributed by atoms with Gasteiger partial charge in [0.2, 0.25) is 0 Å². The fraction of sp³-hybridized carbons (Fsp3) is 0.741. The van der Waals surface area contributed by atoms with Crippen LogP contribution in [0.25, 0.3) is 0 Å². The summed E-state index contributed by atoms with van der Waals surface area (Å²) in [6.45, 7) is 8.07. The Balaban J connectivity index is 1.37. The molecule has 30 heavy (non-hydrogen) atoms. The normalized spacial score (nSPS) is 14.9. The van der Waals surface area contributed by atoms with Gasteiger partial charge >= 0.3 is 0 Å². The molecule has 1 aliphatic rings. The minimum atomic E-state index is 0.759. The lowest BCUT2D eigenvalue weighted by Crippen LogP contribution is -2.46. The van der Waals surface area contributed by atoms with Crippen LogP contribution in [0.15, 0.2) is 24.3 Å². The molecule has 1 heterocycles. The fourth-order valence-corrected chi connectivity index (χ4v) is 4.52.